The Labute approximate surface area is 300 Å². The average Bonchev–Trinajstić information content (AvgIpc) is 4.01. The van der Waals surface area contributed by atoms with Gasteiger partial charge in [-0.2, -0.15) is 0 Å². The second kappa shape index (κ2) is 8.79. The zero-order valence-corrected chi connectivity index (χ0v) is 29.3. The van der Waals surface area contributed by atoms with Crippen molar-refractivity contribution in [1.82, 2.24) is 29.9 Å². The Bertz CT molecular complexity index is 2520. The smallest absolute Gasteiger partial charge is 0.115 e. The number of H-pyrrole nitrogens is 2. The van der Waals surface area contributed by atoms with Crippen molar-refractivity contribution in [3.8, 4) is 11.4 Å². The van der Waals surface area contributed by atoms with E-state index in [0.717, 1.165) is 121 Å². The van der Waals surface area contributed by atoms with E-state index in [1.165, 1.54) is 37.1 Å². The Hall–Kier alpha value is -4.98. The second-order valence-corrected chi connectivity index (χ2v) is 18.0. The minimum absolute atomic E-state index is 0.507. The predicted molar refractivity (Wildman–Crippen MR) is 200 cm³/mol. The highest BCUT2D eigenvalue weighted by Crippen LogP contribution is 2.93. The molecule has 14 rings (SSSR count). The van der Waals surface area contributed by atoms with Gasteiger partial charge in [-0.25, -0.2) is 20.0 Å². The number of aromatic amines is 2. The van der Waals surface area contributed by atoms with Gasteiger partial charge in [-0.3, -0.25) is 9.97 Å². The van der Waals surface area contributed by atoms with Crippen LogP contribution in [-0.4, -0.2) is 41.3 Å². The molecule has 4 unspecified atom stereocenters. The van der Waals surface area contributed by atoms with Crippen molar-refractivity contribution >= 4 is 35.7 Å². The maximum Gasteiger partial charge on any atom is 0.115 e. The van der Waals surface area contributed by atoms with E-state index >= 15 is 0 Å². The largest absolute Gasteiger partial charge is 0.355 e. The van der Waals surface area contributed by atoms with Gasteiger partial charge in [-0.05, 0) is 133 Å². The molecule has 12 bridgehead atoms. The van der Waals surface area contributed by atoms with E-state index in [1.807, 2.05) is 12.2 Å². The number of hydrogen-bond acceptors (Lipinski definition) is 6. The van der Waals surface area contributed by atoms with Gasteiger partial charge in [0.25, 0.3) is 0 Å². The van der Waals surface area contributed by atoms with Crippen molar-refractivity contribution in [1.29, 1.82) is 0 Å². The highest BCUT2D eigenvalue weighted by Gasteiger charge is 2.88. The lowest BCUT2D eigenvalue weighted by atomic mass is 9.20. The Kier molecular flexibility index (Phi) is 4.67. The van der Waals surface area contributed by atoms with Crippen molar-refractivity contribution in [3.63, 3.8) is 0 Å². The molecule has 0 saturated heterocycles. The summed E-state index contributed by atoms with van der Waals surface area (Å²) >= 11 is 0. The molecule has 8 nitrogen and oxygen atoms in total. The Balaban J connectivity index is 0.870. The fourth-order valence-corrected chi connectivity index (χ4v) is 14.6. The maximum atomic E-state index is 5.57. The summed E-state index contributed by atoms with van der Waals surface area (Å²) in [4.78, 5) is 38.8. The van der Waals surface area contributed by atoms with Crippen LogP contribution in [0.2, 0.25) is 0 Å². The second-order valence-electron chi connectivity index (χ2n) is 18.0. The highest BCUT2D eigenvalue weighted by atomic mass is 15.0. The third-order valence-corrected chi connectivity index (χ3v) is 16.2. The first-order chi connectivity index (χ1) is 25.4. The normalized spacial score (nSPS) is 38.1. The molecule has 5 fully saturated rings. The third-order valence-electron chi connectivity index (χ3n) is 16.2. The fraction of sp³-hybridized carbons (Fsp3) is 0.409. The van der Waals surface area contributed by atoms with Gasteiger partial charge in [0.2, 0.25) is 0 Å². The lowest BCUT2D eigenvalue weighted by Crippen LogP contribution is -2.80. The lowest BCUT2D eigenvalue weighted by molar-refractivity contribution is -0.362. The van der Waals surface area contributed by atoms with Crippen LogP contribution in [0.15, 0.2) is 57.8 Å². The van der Waals surface area contributed by atoms with Crippen molar-refractivity contribution in [2.45, 2.75) is 64.2 Å². The van der Waals surface area contributed by atoms with Gasteiger partial charge in [-0.1, -0.05) is 13.8 Å². The third kappa shape index (κ3) is 3.09. The zero-order chi connectivity index (χ0) is 33.8. The molecule has 5 aliphatic heterocycles. The summed E-state index contributed by atoms with van der Waals surface area (Å²) < 4.78 is 0. The highest BCUT2D eigenvalue weighted by molar-refractivity contribution is 6.20. The number of allylic oxidation sites excluding steroid dienone is 4. The summed E-state index contributed by atoms with van der Waals surface area (Å²) in [6.45, 7) is 5.42. The molecule has 12 aliphatic rings. The number of nitrogens with zero attached hydrogens (tertiary/aromatic N) is 6. The first-order valence-electron chi connectivity index (χ1n) is 19.6. The molecule has 2 N–H and O–H groups in total. The van der Waals surface area contributed by atoms with Crippen LogP contribution in [0.5, 0.6) is 0 Å². The average molecular weight is 679 g/mol. The SMILES string of the molecule is C[C@@]12C3C([C@H]4CC[C@@H]3C4)[C@]1(C)C1C2[C@@H]2C[C@H]1c1nc3c(nc12)Cc1[nH]c2c4nc(c-2nc1C3)C=C1C=CC(=N1)C=c1ccc([nH]1)=CC1=NC(=C4)C=C1. The summed E-state index contributed by atoms with van der Waals surface area (Å²) in [5.74, 6) is 6.73. The monoisotopic (exact) mass is 678 g/mol. The van der Waals surface area contributed by atoms with E-state index in [1.54, 1.807) is 0 Å². The van der Waals surface area contributed by atoms with Gasteiger partial charge >= 0.3 is 0 Å². The van der Waals surface area contributed by atoms with Gasteiger partial charge in [0, 0.05) is 41.1 Å². The lowest BCUT2D eigenvalue weighted by Gasteiger charge is -2.84. The van der Waals surface area contributed by atoms with Crippen LogP contribution >= 0.6 is 0 Å². The number of nitrogens with one attached hydrogen (secondary N) is 2. The molecule has 0 amide bonds. The van der Waals surface area contributed by atoms with Crippen molar-refractivity contribution in [3.05, 3.63) is 104 Å². The summed E-state index contributed by atoms with van der Waals surface area (Å²) in [6.07, 6.45) is 23.6. The number of hydrogen-bond donors (Lipinski definition) is 2. The Morgan fingerprint density at radius 2 is 1.21 bits per heavy atom. The van der Waals surface area contributed by atoms with Gasteiger partial charge in [-0.15, -0.1) is 0 Å². The molecule has 254 valence electrons. The van der Waals surface area contributed by atoms with Gasteiger partial charge in [0.1, 0.15) is 5.69 Å². The number of rotatable bonds is 0. The number of fused-ring (bicyclic) bond motifs is 29. The van der Waals surface area contributed by atoms with Gasteiger partial charge < -0.3 is 9.97 Å². The molecule has 7 heterocycles. The van der Waals surface area contributed by atoms with Crippen LogP contribution in [0.3, 0.4) is 0 Å². The predicted octanol–water partition coefficient (Wildman–Crippen LogP) is 6.02. The standard InChI is InChI=1S/C44H38N8/c1-43-35-19-3-4-20(11-19)36(35)44(43,2)38-28-16-27(37(38)43)39-40(28)50-30-18-32-31(17-29(30)49-39)51-41-33-14-25-9-7-23(46-25)12-21-5-6-22(45-21)13-24-8-10-26(47-24)15-34(48-33)42(41)52-32/h5-10,12-15,19-20,27-28,35-38,45,51H,3-4,11,16-18H2,1-2H3/t19-,20+,27+,28-,35?,36?,37?,38?,43+,44-/m1/s1. The van der Waals surface area contributed by atoms with E-state index in [2.05, 4.69) is 72.4 Å². The Morgan fingerprint density at radius 1 is 0.596 bits per heavy atom. The Morgan fingerprint density at radius 3 is 1.87 bits per heavy atom. The molecule has 2 aromatic heterocycles. The van der Waals surface area contributed by atoms with Crippen LogP contribution in [0.25, 0.3) is 35.7 Å². The minimum Gasteiger partial charge on any atom is -0.355 e. The van der Waals surface area contributed by atoms with Crippen LogP contribution in [0.4, 0.5) is 0 Å². The molecule has 0 spiro atoms. The summed E-state index contributed by atoms with van der Waals surface area (Å²) in [7, 11) is 0. The van der Waals surface area contributed by atoms with Crippen LogP contribution in [-0.2, 0) is 12.8 Å². The number of aromatic nitrogens is 6. The first kappa shape index (κ1) is 27.6. The quantitative estimate of drug-likeness (QED) is 0.196. The van der Waals surface area contributed by atoms with Crippen molar-refractivity contribution in [2.75, 3.05) is 0 Å². The van der Waals surface area contributed by atoms with E-state index in [4.69, 9.17) is 29.9 Å². The molecule has 52 heavy (non-hydrogen) atoms. The zero-order valence-electron chi connectivity index (χ0n) is 29.3. The number of aliphatic imine (C=N–C) groups is 2. The van der Waals surface area contributed by atoms with E-state index in [-0.39, 0.29) is 0 Å². The molecule has 0 aromatic carbocycles. The van der Waals surface area contributed by atoms with Crippen LogP contribution < -0.4 is 10.7 Å². The maximum absolute atomic E-state index is 5.57. The van der Waals surface area contributed by atoms with Crippen LogP contribution in [0.1, 0.15) is 96.9 Å². The topological polar surface area (TPSA) is 108 Å². The molecule has 5 saturated carbocycles. The van der Waals surface area contributed by atoms with Gasteiger partial charge in [0.05, 0.1) is 68.4 Å². The van der Waals surface area contributed by atoms with E-state index < -0.39 is 0 Å². The minimum atomic E-state index is 0.507. The summed E-state index contributed by atoms with van der Waals surface area (Å²) in [5, 5.41) is 2.01. The molecular formula is C44H38N8. The molecule has 7 aliphatic carbocycles. The van der Waals surface area contributed by atoms with Crippen LogP contribution in [0, 0.1) is 46.3 Å². The molecule has 10 atom stereocenters. The van der Waals surface area contributed by atoms with E-state index in [0.29, 0.717) is 29.1 Å². The molecule has 8 heteroatoms. The van der Waals surface area contributed by atoms with Gasteiger partial charge in [0.15, 0.2) is 0 Å². The summed E-state index contributed by atoms with van der Waals surface area (Å²) in [6, 6.07) is 4.14. The van der Waals surface area contributed by atoms with Crippen molar-refractivity contribution in [2.24, 2.45) is 56.3 Å². The first-order valence-corrected chi connectivity index (χ1v) is 19.6. The van der Waals surface area contributed by atoms with Crippen molar-refractivity contribution < 1.29 is 0 Å². The van der Waals surface area contributed by atoms with E-state index in [9.17, 15) is 0 Å². The molecule has 2 aromatic rings. The fourth-order valence-electron chi connectivity index (χ4n) is 14.6. The summed E-state index contributed by atoms with van der Waals surface area (Å²) in [5.41, 5.74) is 15.1. The molecule has 0 radical (unpaired) electrons. The molecular weight excluding hydrogens is 641 g/mol.